The first kappa shape index (κ1) is 11.3. The molecular formula is C12H12FN3O. The Morgan fingerprint density at radius 2 is 2.24 bits per heavy atom. The number of halogens is 1. The van der Waals surface area contributed by atoms with Gasteiger partial charge >= 0.3 is 0 Å². The number of nitrogens with zero attached hydrogens (tertiary/aromatic N) is 1. The van der Waals surface area contributed by atoms with Crippen LogP contribution in [0, 0.1) is 12.7 Å². The summed E-state index contributed by atoms with van der Waals surface area (Å²) >= 11 is 0. The van der Waals surface area contributed by atoms with Crippen molar-refractivity contribution in [2.75, 3.05) is 5.32 Å². The predicted molar refractivity (Wildman–Crippen MR) is 63.3 cm³/mol. The van der Waals surface area contributed by atoms with E-state index < -0.39 is 0 Å². The molecule has 17 heavy (non-hydrogen) atoms. The van der Waals surface area contributed by atoms with E-state index in [1.165, 1.54) is 18.2 Å². The fraction of sp³-hybridized carbons (Fsp3) is 0.167. The van der Waals surface area contributed by atoms with Gasteiger partial charge in [0, 0.05) is 12.6 Å². The number of hydrogen-bond donors (Lipinski definition) is 2. The van der Waals surface area contributed by atoms with E-state index in [0.717, 1.165) is 5.56 Å². The number of benzene rings is 1. The lowest BCUT2D eigenvalue weighted by Crippen LogP contribution is -2.11. The van der Waals surface area contributed by atoms with Crippen molar-refractivity contribution in [1.29, 1.82) is 0 Å². The van der Waals surface area contributed by atoms with E-state index in [2.05, 4.69) is 15.3 Å². The molecular weight excluding hydrogens is 221 g/mol. The molecule has 0 aliphatic carbocycles. The maximum absolute atomic E-state index is 12.9. The van der Waals surface area contributed by atoms with Crippen LogP contribution in [0.4, 0.5) is 10.2 Å². The summed E-state index contributed by atoms with van der Waals surface area (Å²) in [6.07, 6.45) is 0. The van der Waals surface area contributed by atoms with Crippen LogP contribution in [0.1, 0.15) is 11.4 Å². The summed E-state index contributed by atoms with van der Waals surface area (Å²) in [6, 6.07) is 7.64. The Hall–Kier alpha value is -2.17. The van der Waals surface area contributed by atoms with E-state index in [1.54, 1.807) is 19.1 Å². The van der Waals surface area contributed by atoms with Crippen molar-refractivity contribution < 1.29 is 4.39 Å². The van der Waals surface area contributed by atoms with Crippen molar-refractivity contribution in [2.24, 2.45) is 0 Å². The van der Waals surface area contributed by atoms with Gasteiger partial charge < -0.3 is 10.3 Å². The van der Waals surface area contributed by atoms with Crippen LogP contribution in [0.2, 0.25) is 0 Å². The first-order valence-corrected chi connectivity index (χ1v) is 5.20. The highest BCUT2D eigenvalue weighted by Crippen LogP contribution is 2.06. The van der Waals surface area contributed by atoms with E-state index in [1.807, 2.05) is 0 Å². The van der Waals surface area contributed by atoms with Crippen molar-refractivity contribution in [3.05, 3.63) is 57.9 Å². The summed E-state index contributed by atoms with van der Waals surface area (Å²) < 4.78 is 12.9. The summed E-state index contributed by atoms with van der Waals surface area (Å²) in [6.45, 7) is 2.13. The predicted octanol–water partition coefficient (Wildman–Crippen LogP) is 1.83. The molecule has 0 radical (unpaired) electrons. The van der Waals surface area contributed by atoms with Crippen LogP contribution in [0.15, 0.2) is 35.1 Å². The van der Waals surface area contributed by atoms with Crippen LogP contribution in [0.5, 0.6) is 0 Å². The molecule has 0 saturated carbocycles. The molecule has 0 atom stereocenters. The van der Waals surface area contributed by atoms with Gasteiger partial charge in [-0.2, -0.15) is 0 Å². The molecule has 1 aromatic heterocycles. The van der Waals surface area contributed by atoms with E-state index >= 15 is 0 Å². The lowest BCUT2D eigenvalue weighted by molar-refractivity contribution is 0.626. The van der Waals surface area contributed by atoms with E-state index in [-0.39, 0.29) is 11.4 Å². The Bertz CT molecular complexity index is 580. The first-order valence-electron chi connectivity index (χ1n) is 5.20. The van der Waals surface area contributed by atoms with Gasteiger partial charge in [-0.1, -0.05) is 12.1 Å². The van der Waals surface area contributed by atoms with Crippen LogP contribution >= 0.6 is 0 Å². The molecule has 0 aliphatic rings. The fourth-order valence-corrected chi connectivity index (χ4v) is 1.51. The molecule has 0 amide bonds. The molecule has 2 aromatic rings. The smallest absolute Gasteiger partial charge is 0.252 e. The molecule has 0 bridgehead atoms. The van der Waals surface area contributed by atoms with Gasteiger partial charge in [0.2, 0.25) is 0 Å². The van der Waals surface area contributed by atoms with Gasteiger partial charge in [0.25, 0.3) is 5.56 Å². The number of nitrogens with one attached hydrogen (secondary N) is 2. The molecule has 5 heteroatoms. The number of aromatic amines is 1. The molecule has 4 nitrogen and oxygen atoms in total. The average Bonchev–Trinajstić information content (AvgIpc) is 2.25. The Balaban J connectivity index is 2.09. The molecule has 1 heterocycles. The van der Waals surface area contributed by atoms with Crippen molar-refractivity contribution in [3.63, 3.8) is 0 Å². The van der Waals surface area contributed by atoms with Gasteiger partial charge in [0.15, 0.2) is 0 Å². The van der Waals surface area contributed by atoms with Crippen molar-refractivity contribution in [1.82, 2.24) is 9.97 Å². The maximum Gasteiger partial charge on any atom is 0.252 e. The quantitative estimate of drug-likeness (QED) is 0.850. The van der Waals surface area contributed by atoms with Crippen molar-refractivity contribution in [2.45, 2.75) is 13.5 Å². The number of rotatable bonds is 3. The third-order valence-electron chi connectivity index (χ3n) is 2.22. The molecule has 0 fully saturated rings. The number of aromatic nitrogens is 2. The second kappa shape index (κ2) is 4.78. The molecule has 2 rings (SSSR count). The largest absolute Gasteiger partial charge is 0.366 e. The lowest BCUT2D eigenvalue weighted by Gasteiger charge is -2.05. The Labute approximate surface area is 97.5 Å². The molecule has 0 spiro atoms. The zero-order chi connectivity index (χ0) is 12.3. The van der Waals surface area contributed by atoms with Crippen LogP contribution in [0.3, 0.4) is 0 Å². The molecule has 2 N–H and O–H groups in total. The molecule has 0 unspecified atom stereocenters. The fourth-order valence-electron chi connectivity index (χ4n) is 1.51. The van der Waals surface area contributed by atoms with Gasteiger partial charge in [-0.25, -0.2) is 9.37 Å². The summed E-state index contributed by atoms with van der Waals surface area (Å²) in [4.78, 5) is 17.8. The number of hydrogen-bond acceptors (Lipinski definition) is 3. The SMILES string of the molecule is Cc1nc(NCc2cccc(F)c2)cc(=O)[nH]1. The normalized spacial score (nSPS) is 10.2. The Kier molecular flexibility index (Phi) is 3.18. The second-order valence-electron chi connectivity index (χ2n) is 3.70. The third-order valence-corrected chi connectivity index (χ3v) is 2.22. The monoisotopic (exact) mass is 233 g/mol. The third kappa shape index (κ3) is 3.14. The zero-order valence-electron chi connectivity index (χ0n) is 9.33. The van der Waals surface area contributed by atoms with E-state index in [9.17, 15) is 9.18 Å². The van der Waals surface area contributed by atoms with Gasteiger partial charge in [-0.3, -0.25) is 4.79 Å². The first-order chi connectivity index (χ1) is 8.13. The number of anilines is 1. The summed E-state index contributed by atoms with van der Waals surface area (Å²) in [5, 5.41) is 2.97. The molecule has 0 aliphatic heterocycles. The summed E-state index contributed by atoms with van der Waals surface area (Å²) in [5.41, 5.74) is 0.587. The highest BCUT2D eigenvalue weighted by atomic mass is 19.1. The average molecular weight is 233 g/mol. The Morgan fingerprint density at radius 3 is 2.94 bits per heavy atom. The minimum absolute atomic E-state index is 0.209. The molecule has 88 valence electrons. The van der Waals surface area contributed by atoms with Crippen molar-refractivity contribution in [3.8, 4) is 0 Å². The second-order valence-corrected chi connectivity index (χ2v) is 3.70. The highest BCUT2D eigenvalue weighted by Gasteiger charge is 1.99. The standard InChI is InChI=1S/C12H12FN3O/c1-8-15-11(6-12(17)16-8)14-7-9-3-2-4-10(13)5-9/h2-6H,7H2,1H3,(H2,14,15,16,17). The Morgan fingerprint density at radius 1 is 1.41 bits per heavy atom. The zero-order valence-corrected chi connectivity index (χ0v) is 9.33. The van der Waals surface area contributed by atoms with E-state index in [0.29, 0.717) is 18.2 Å². The maximum atomic E-state index is 12.9. The van der Waals surface area contributed by atoms with Crippen LogP contribution in [-0.2, 0) is 6.54 Å². The number of H-pyrrole nitrogens is 1. The van der Waals surface area contributed by atoms with Crippen LogP contribution in [0.25, 0.3) is 0 Å². The lowest BCUT2D eigenvalue weighted by atomic mass is 10.2. The van der Waals surface area contributed by atoms with Crippen LogP contribution < -0.4 is 10.9 Å². The van der Waals surface area contributed by atoms with Gasteiger partial charge in [0.1, 0.15) is 17.5 Å². The number of aryl methyl sites for hydroxylation is 1. The topological polar surface area (TPSA) is 57.8 Å². The van der Waals surface area contributed by atoms with Gasteiger partial charge in [-0.15, -0.1) is 0 Å². The highest BCUT2D eigenvalue weighted by molar-refractivity contribution is 5.34. The molecule has 0 saturated heterocycles. The summed E-state index contributed by atoms with van der Waals surface area (Å²) in [7, 11) is 0. The van der Waals surface area contributed by atoms with Crippen LogP contribution in [-0.4, -0.2) is 9.97 Å². The minimum Gasteiger partial charge on any atom is -0.366 e. The van der Waals surface area contributed by atoms with Gasteiger partial charge in [0.05, 0.1) is 0 Å². The molecule has 1 aromatic carbocycles. The van der Waals surface area contributed by atoms with Crippen molar-refractivity contribution >= 4 is 5.82 Å². The summed E-state index contributed by atoms with van der Waals surface area (Å²) in [5.74, 6) is 0.745. The van der Waals surface area contributed by atoms with E-state index in [4.69, 9.17) is 0 Å². The van der Waals surface area contributed by atoms with Gasteiger partial charge in [-0.05, 0) is 24.6 Å². The minimum atomic E-state index is -0.278.